The lowest BCUT2D eigenvalue weighted by Gasteiger charge is -2.08. The molecule has 0 aliphatic carbocycles. The molecule has 0 aliphatic heterocycles. The van der Waals surface area contributed by atoms with Gasteiger partial charge in [0.1, 0.15) is 5.82 Å². The van der Waals surface area contributed by atoms with Gasteiger partial charge in [-0.2, -0.15) is 5.26 Å². The molecule has 0 saturated carbocycles. The van der Waals surface area contributed by atoms with E-state index in [1.807, 2.05) is 6.07 Å². The molecule has 18 heavy (non-hydrogen) atoms. The zero-order valence-electron chi connectivity index (χ0n) is 9.25. The van der Waals surface area contributed by atoms with Crippen LogP contribution in [0.5, 0.6) is 0 Å². The topological polar surface area (TPSA) is 23.8 Å². The Morgan fingerprint density at radius 3 is 2.56 bits per heavy atom. The first kappa shape index (κ1) is 12.9. The van der Waals surface area contributed by atoms with Gasteiger partial charge in [0, 0.05) is 21.2 Å². The van der Waals surface area contributed by atoms with E-state index in [2.05, 4.69) is 0 Å². The third kappa shape index (κ3) is 2.64. The Morgan fingerprint density at radius 2 is 1.83 bits per heavy atom. The molecule has 2 aromatic rings. The van der Waals surface area contributed by atoms with Crippen LogP contribution in [0, 0.1) is 17.1 Å². The molecule has 1 nitrogen and oxygen atoms in total. The number of nitriles is 1. The van der Waals surface area contributed by atoms with Gasteiger partial charge in [-0.25, -0.2) is 4.39 Å². The lowest BCUT2D eigenvalue weighted by molar-refractivity contribution is 0.631. The molecule has 0 bridgehead atoms. The Balaban J connectivity index is 2.59. The van der Waals surface area contributed by atoms with Crippen molar-refractivity contribution < 1.29 is 4.39 Å². The summed E-state index contributed by atoms with van der Waals surface area (Å²) >= 11 is 11.9. The maximum absolute atomic E-state index is 13.8. The standard InChI is InChI=1S/C14H8Cl2FN/c15-10-2-3-13(16)11(8-10)12-7-9(5-6-18)1-4-14(12)17/h1-4,7-8H,5H2. The van der Waals surface area contributed by atoms with Gasteiger partial charge >= 0.3 is 0 Å². The second-order valence-corrected chi connectivity index (χ2v) is 4.62. The average Bonchev–Trinajstić information content (AvgIpc) is 2.35. The summed E-state index contributed by atoms with van der Waals surface area (Å²) in [6, 6.07) is 11.4. The van der Waals surface area contributed by atoms with Crippen molar-refractivity contribution in [2.75, 3.05) is 0 Å². The van der Waals surface area contributed by atoms with Gasteiger partial charge in [-0.1, -0.05) is 29.3 Å². The first-order chi connectivity index (χ1) is 8.61. The predicted molar refractivity (Wildman–Crippen MR) is 71.2 cm³/mol. The smallest absolute Gasteiger partial charge is 0.131 e. The van der Waals surface area contributed by atoms with Gasteiger partial charge in [0.2, 0.25) is 0 Å². The predicted octanol–water partition coefficient (Wildman–Crippen LogP) is 4.87. The van der Waals surface area contributed by atoms with Crippen molar-refractivity contribution in [1.29, 1.82) is 5.26 Å². The molecule has 90 valence electrons. The summed E-state index contributed by atoms with van der Waals surface area (Å²) in [5.74, 6) is -0.388. The van der Waals surface area contributed by atoms with Crippen LogP contribution in [0.3, 0.4) is 0 Å². The quantitative estimate of drug-likeness (QED) is 0.770. The number of rotatable bonds is 2. The molecule has 0 atom stereocenters. The molecule has 0 spiro atoms. The lowest BCUT2D eigenvalue weighted by Crippen LogP contribution is -1.89. The number of benzene rings is 2. The third-order valence-corrected chi connectivity index (χ3v) is 3.10. The largest absolute Gasteiger partial charge is 0.206 e. The minimum atomic E-state index is -0.388. The fourth-order valence-corrected chi connectivity index (χ4v) is 2.08. The van der Waals surface area contributed by atoms with E-state index in [1.54, 1.807) is 30.3 Å². The van der Waals surface area contributed by atoms with E-state index in [9.17, 15) is 4.39 Å². The first-order valence-corrected chi connectivity index (χ1v) is 5.98. The van der Waals surface area contributed by atoms with Crippen molar-refractivity contribution in [3.8, 4) is 17.2 Å². The Kier molecular flexibility index (Phi) is 3.86. The maximum Gasteiger partial charge on any atom is 0.131 e. The van der Waals surface area contributed by atoms with Crippen molar-refractivity contribution in [3.63, 3.8) is 0 Å². The number of halogens is 3. The Hall–Kier alpha value is -1.56. The number of hydrogen-bond acceptors (Lipinski definition) is 1. The summed E-state index contributed by atoms with van der Waals surface area (Å²) in [6.45, 7) is 0. The Bertz CT molecular complexity index is 632. The summed E-state index contributed by atoms with van der Waals surface area (Å²) in [4.78, 5) is 0. The second kappa shape index (κ2) is 5.39. The molecule has 0 saturated heterocycles. The normalized spacial score (nSPS) is 10.1. The molecule has 2 rings (SSSR count). The Labute approximate surface area is 114 Å². The summed E-state index contributed by atoms with van der Waals surface area (Å²) in [6.07, 6.45) is 0.228. The van der Waals surface area contributed by atoms with E-state index < -0.39 is 0 Å². The second-order valence-electron chi connectivity index (χ2n) is 3.77. The SMILES string of the molecule is N#CCc1ccc(F)c(-c2cc(Cl)ccc2Cl)c1. The van der Waals surface area contributed by atoms with Crippen LogP contribution in [0.15, 0.2) is 36.4 Å². The van der Waals surface area contributed by atoms with Crippen LogP contribution in [0.2, 0.25) is 10.0 Å². The molecule has 2 aromatic carbocycles. The Morgan fingerprint density at radius 1 is 1.06 bits per heavy atom. The summed E-state index contributed by atoms with van der Waals surface area (Å²) in [5.41, 5.74) is 1.63. The molecule has 4 heteroatoms. The first-order valence-electron chi connectivity index (χ1n) is 5.22. The third-order valence-electron chi connectivity index (χ3n) is 2.53. The molecule has 0 N–H and O–H groups in total. The monoisotopic (exact) mass is 279 g/mol. The molecule has 0 aliphatic rings. The van der Waals surface area contributed by atoms with E-state index >= 15 is 0 Å². The van der Waals surface area contributed by atoms with Crippen LogP contribution in [0.25, 0.3) is 11.1 Å². The highest BCUT2D eigenvalue weighted by Crippen LogP contribution is 2.32. The van der Waals surface area contributed by atoms with Crippen LogP contribution < -0.4 is 0 Å². The summed E-state index contributed by atoms with van der Waals surface area (Å²) < 4.78 is 13.8. The summed E-state index contributed by atoms with van der Waals surface area (Å²) in [7, 11) is 0. The molecule has 0 unspecified atom stereocenters. The lowest BCUT2D eigenvalue weighted by atomic mass is 10.0. The van der Waals surface area contributed by atoms with Crippen molar-refractivity contribution >= 4 is 23.2 Å². The van der Waals surface area contributed by atoms with Crippen LogP contribution in [-0.4, -0.2) is 0 Å². The molecule has 0 aromatic heterocycles. The zero-order chi connectivity index (χ0) is 13.1. The van der Waals surface area contributed by atoms with Crippen LogP contribution in [0.4, 0.5) is 4.39 Å². The maximum atomic E-state index is 13.8. The molecule has 0 radical (unpaired) electrons. The summed E-state index contributed by atoms with van der Waals surface area (Å²) in [5, 5.41) is 9.57. The fraction of sp³-hybridized carbons (Fsp3) is 0.0714. The fourth-order valence-electron chi connectivity index (χ4n) is 1.68. The zero-order valence-corrected chi connectivity index (χ0v) is 10.8. The average molecular weight is 280 g/mol. The van der Waals surface area contributed by atoms with E-state index in [-0.39, 0.29) is 12.2 Å². The van der Waals surface area contributed by atoms with Gasteiger partial charge in [-0.05, 0) is 35.9 Å². The van der Waals surface area contributed by atoms with Crippen molar-refractivity contribution in [1.82, 2.24) is 0 Å². The van der Waals surface area contributed by atoms with E-state index in [1.165, 1.54) is 6.07 Å². The van der Waals surface area contributed by atoms with Gasteiger partial charge in [-0.15, -0.1) is 0 Å². The van der Waals surface area contributed by atoms with Gasteiger partial charge in [0.05, 0.1) is 12.5 Å². The molecule has 0 fully saturated rings. The van der Waals surface area contributed by atoms with Crippen LogP contribution in [-0.2, 0) is 6.42 Å². The van der Waals surface area contributed by atoms with Gasteiger partial charge < -0.3 is 0 Å². The van der Waals surface area contributed by atoms with Crippen LogP contribution in [0.1, 0.15) is 5.56 Å². The van der Waals surface area contributed by atoms with Crippen molar-refractivity contribution in [3.05, 3.63) is 57.8 Å². The van der Waals surface area contributed by atoms with Crippen LogP contribution >= 0.6 is 23.2 Å². The minimum Gasteiger partial charge on any atom is -0.206 e. The number of hydrogen-bond donors (Lipinski definition) is 0. The van der Waals surface area contributed by atoms with Crippen molar-refractivity contribution in [2.24, 2.45) is 0 Å². The van der Waals surface area contributed by atoms with E-state index in [0.717, 1.165) is 5.56 Å². The van der Waals surface area contributed by atoms with Gasteiger partial charge in [0.15, 0.2) is 0 Å². The van der Waals surface area contributed by atoms with E-state index in [4.69, 9.17) is 28.5 Å². The highest BCUT2D eigenvalue weighted by molar-refractivity contribution is 6.35. The number of nitrogens with zero attached hydrogens (tertiary/aromatic N) is 1. The highest BCUT2D eigenvalue weighted by Gasteiger charge is 2.10. The molecular weight excluding hydrogens is 272 g/mol. The van der Waals surface area contributed by atoms with Gasteiger partial charge in [-0.3, -0.25) is 0 Å². The highest BCUT2D eigenvalue weighted by atomic mass is 35.5. The molecular formula is C14H8Cl2FN. The van der Waals surface area contributed by atoms with Crippen molar-refractivity contribution in [2.45, 2.75) is 6.42 Å². The van der Waals surface area contributed by atoms with E-state index in [0.29, 0.717) is 21.2 Å². The molecule has 0 heterocycles. The minimum absolute atomic E-state index is 0.228. The van der Waals surface area contributed by atoms with Gasteiger partial charge in [0.25, 0.3) is 0 Å². The molecule has 0 amide bonds.